The Kier molecular flexibility index (Phi) is 4.41. The van der Waals surface area contributed by atoms with E-state index in [0.717, 1.165) is 19.6 Å². The molecule has 2 N–H and O–H groups in total. The topological polar surface area (TPSA) is 163 Å². The summed E-state index contributed by atoms with van der Waals surface area (Å²) in [6.45, 7) is 0. The van der Waals surface area contributed by atoms with Crippen LogP contribution in [0.1, 0.15) is 23.3 Å². The van der Waals surface area contributed by atoms with Crippen LogP contribution >= 0.6 is 0 Å². The van der Waals surface area contributed by atoms with Crippen molar-refractivity contribution in [2.75, 3.05) is 7.11 Å². The Morgan fingerprint density at radius 2 is 1.69 bits per heavy atom. The molecule has 0 aromatic carbocycles. The van der Waals surface area contributed by atoms with Crippen LogP contribution in [-0.4, -0.2) is 22.9 Å². The number of carbonyl (C=O) groups is 1. The van der Waals surface area contributed by atoms with E-state index in [0.29, 0.717) is 0 Å². The molecule has 1 aliphatic rings. The van der Waals surface area contributed by atoms with Crippen molar-refractivity contribution in [3.8, 4) is 0 Å². The zero-order chi connectivity index (χ0) is 18.8. The van der Waals surface area contributed by atoms with Crippen LogP contribution in [0.25, 0.3) is 0 Å². The van der Waals surface area contributed by atoms with E-state index in [1.54, 1.807) is 0 Å². The number of hydrogen-bond acceptors (Lipinski definition) is 10. The van der Waals surface area contributed by atoms with E-state index in [-0.39, 0.29) is 16.7 Å². The van der Waals surface area contributed by atoms with Gasteiger partial charge in [-0.25, -0.2) is 4.79 Å². The van der Waals surface area contributed by atoms with Crippen LogP contribution in [0.3, 0.4) is 0 Å². The first kappa shape index (κ1) is 17.2. The number of hydrogen-bond donors (Lipinski definition) is 2. The van der Waals surface area contributed by atoms with Gasteiger partial charge in [-0.1, -0.05) is 0 Å². The Hall–Kier alpha value is -3.67. The highest BCUT2D eigenvalue weighted by atomic mass is 16.7. The van der Waals surface area contributed by atoms with E-state index in [2.05, 4.69) is 10.6 Å². The molecule has 12 nitrogen and oxygen atoms in total. The van der Waals surface area contributed by atoms with E-state index >= 15 is 0 Å². The van der Waals surface area contributed by atoms with Crippen molar-refractivity contribution in [3.05, 3.63) is 67.8 Å². The van der Waals surface area contributed by atoms with E-state index in [4.69, 9.17) is 13.6 Å². The first-order valence-electron chi connectivity index (χ1n) is 7.18. The molecule has 26 heavy (non-hydrogen) atoms. The minimum Gasteiger partial charge on any atom is -0.466 e. The summed E-state index contributed by atoms with van der Waals surface area (Å²) in [7, 11) is 1.16. The van der Waals surface area contributed by atoms with Gasteiger partial charge in [-0.15, -0.1) is 0 Å². The van der Waals surface area contributed by atoms with Gasteiger partial charge in [0.1, 0.15) is 21.6 Å². The Bertz CT molecular complexity index is 898. The highest BCUT2D eigenvalue weighted by molar-refractivity contribution is 5.90. The van der Waals surface area contributed by atoms with E-state index in [9.17, 15) is 25.0 Å². The summed E-state index contributed by atoms with van der Waals surface area (Å²) in [4.78, 5) is 32.8. The first-order valence-corrected chi connectivity index (χ1v) is 7.18. The lowest BCUT2D eigenvalue weighted by Gasteiger charge is -2.30. The molecule has 0 saturated heterocycles. The maximum Gasteiger partial charge on any atom is 0.439 e. The fourth-order valence-corrected chi connectivity index (χ4v) is 2.65. The molecule has 0 fully saturated rings. The molecule has 0 bridgehead atoms. The van der Waals surface area contributed by atoms with Gasteiger partial charge in [-0.05, 0) is 12.1 Å². The Morgan fingerprint density at radius 3 is 2.27 bits per heavy atom. The predicted octanol–water partition coefficient (Wildman–Crippen LogP) is 1.68. The number of nitrogens with zero attached hydrogens (tertiary/aromatic N) is 2. The standard InChI is InChI=1S/C14H12N4O8/c1-24-14(19)9-6-15-11(8-3-5-26-13(8)18(22)23)16-10(9)7-2-4-25-12(7)17(20)21/h2-6,10-11,15-16H,1H3/t10-,11+/m1/s1. The van der Waals surface area contributed by atoms with E-state index in [1.807, 2.05) is 0 Å². The molecule has 2 aromatic heterocycles. The molecule has 3 rings (SSSR count). The molecule has 0 amide bonds. The minimum atomic E-state index is -0.998. The fourth-order valence-electron chi connectivity index (χ4n) is 2.65. The number of methoxy groups -OCH3 is 1. The second kappa shape index (κ2) is 6.68. The zero-order valence-corrected chi connectivity index (χ0v) is 13.2. The third-order valence-electron chi connectivity index (χ3n) is 3.77. The molecule has 12 heteroatoms. The lowest BCUT2D eigenvalue weighted by atomic mass is 9.98. The first-order chi connectivity index (χ1) is 12.4. The van der Waals surface area contributed by atoms with Crippen LogP contribution in [0.2, 0.25) is 0 Å². The molecule has 136 valence electrons. The van der Waals surface area contributed by atoms with Crippen LogP contribution in [0.4, 0.5) is 11.8 Å². The van der Waals surface area contributed by atoms with Crippen LogP contribution in [-0.2, 0) is 9.53 Å². The van der Waals surface area contributed by atoms with Gasteiger partial charge in [-0.2, -0.15) is 0 Å². The zero-order valence-electron chi connectivity index (χ0n) is 13.2. The van der Waals surface area contributed by atoms with Gasteiger partial charge in [0.05, 0.1) is 36.8 Å². The van der Waals surface area contributed by atoms with Gasteiger partial charge in [-0.3, -0.25) is 25.5 Å². The largest absolute Gasteiger partial charge is 0.466 e. The summed E-state index contributed by atoms with van der Waals surface area (Å²) in [6.07, 6.45) is 2.69. The molecule has 0 aliphatic carbocycles. The number of furan rings is 2. The average Bonchev–Trinajstić information content (AvgIpc) is 3.29. The molecule has 0 radical (unpaired) electrons. The monoisotopic (exact) mass is 364 g/mol. The van der Waals surface area contributed by atoms with Crippen molar-refractivity contribution in [3.63, 3.8) is 0 Å². The Balaban J connectivity index is 2.03. The summed E-state index contributed by atoms with van der Waals surface area (Å²) in [6, 6.07) is 1.71. The molecular weight excluding hydrogens is 352 g/mol. The van der Waals surface area contributed by atoms with E-state index in [1.165, 1.54) is 18.3 Å². The third-order valence-corrected chi connectivity index (χ3v) is 3.77. The maximum absolute atomic E-state index is 12.0. The highest BCUT2D eigenvalue weighted by Gasteiger charge is 2.38. The Morgan fingerprint density at radius 1 is 1.12 bits per heavy atom. The van der Waals surface area contributed by atoms with Crippen LogP contribution in [0.5, 0.6) is 0 Å². The number of esters is 1. The number of nitrogens with one attached hydrogen (secondary N) is 2. The van der Waals surface area contributed by atoms with Crippen molar-refractivity contribution in [1.82, 2.24) is 10.6 Å². The normalized spacial score (nSPS) is 19.3. The van der Waals surface area contributed by atoms with Crippen LogP contribution in [0, 0.1) is 20.2 Å². The van der Waals surface area contributed by atoms with Crippen molar-refractivity contribution in [2.24, 2.45) is 0 Å². The summed E-state index contributed by atoms with van der Waals surface area (Å²) < 4.78 is 14.4. The molecule has 2 aromatic rings. The molecule has 0 spiro atoms. The molecule has 1 aliphatic heterocycles. The highest BCUT2D eigenvalue weighted by Crippen LogP contribution is 2.36. The number of nitro groups is 2. The molecule has 3 heterocycles. The molecule has 0 saturated carbocycles. The number of carbonyl (C=O) groups excluding carboxylic acids is 1. The summed E-state index contributed by atoms with van der Waals surface area (Å²) >= 11 is 0. The van der Waals surface area contributed by atoms with Gasteiger partial charge >= 0.3 is 17.7 Å². The van der Waals surface area contributed by atoms with Gasteiger partial charge in [0.25, 0.3) is 0 Å². The lowest BCUT2D eigenvalue weighted by Crippen LogP contribution is -2.41. The van der Waals surface area contributed by atoms with Crippen LogP contribution in [0.15, 0.2) is 45.3 Å². The maximum atomic E-state index is 12.0. The van der Waals surface area contributed by atoms with Gasteiger partial charge < -0.3 is 18.9 Å². The minimum absolute atomic E-state index is 0.0411. The SMILES string of the molecule is COC(=O)C1=CN[C@H](c2ccoc2[N+](=O)[O-])N[C@@H]1c1ccoc1[N+](=O)[O-]. The van der Waals surface area contributed by atoms with Gasteiger partial charge in [0.15, 0.2) is 0 Å². The third kappa shape index (κ3) is 2.88. The summed E-state index contributed by atoms with van der Waals surface area (Å²) in [5.41, 5.74) is 0.273. The summed E-state index contributed by atoms with van der Waals surface area (Å²) in [5.74, 6) is -1.78. The van der Waals surface area contributed by atoms with Crippen molar-refractivity contribution < 1.29 is 28.2 Å². The van der Waals surface area contributed by atoms with Gasteiger partial charge in [0, 0.05) is 6.20 Å². The lowest BCUT2D eigenvalue weighted by molar-refractivity contribution is -0.403. The van der Waals surface area contributed by atoms with Crippen molar-refractivity contribution in [1.29, 1.82) is 0 Å². The number of ether oxygens (including phenoxy) is 1. The van der Waals surface area contributed by atoms with E-state index < -0.39 is 39.8 Å². The van der Waals surface area contributed by atoms with Crippen molar-refractivity contribution >= 4 is 17.7 Å². The smallest absolute Gasteiger partial charge is 0.439 e. The quantitative estimate of drug-likeness (QED) is 0.453. The van der Waals surface area contributed by atoms with Gasteiger partial charge in [0.2, 0.25) is 0 Å². The molecular formula is C14H12N4O8. The predicted molar refractivity (Wildman–Crippen MR) is 82.6 cm³/mol. The molecule has 0 unspecified atom stereocenters. The molecule has 2 atom stereocenters. The fraction of sp³-hybridized carbons (Fsp3) is 0.214. The van der Waals surface area contributed by atoms with Crippen molar-refractivity contribution in [2.45, 2.75) is 12.2 Å². The average molecular weight is 364 g/mol. The second-order valence-electron chi connectivity index (χ2n) is 5.17. The summed E-state index contributed by atoms with van der Waals surface area (Å²) in [5, 5.41) is 27.9. The second-order valence-corrected chi connectivity index (χ2v) is 5.17. The number of rotatable bonds is 5. The van der Waals surface area contributed by atoms with Crippen LogP contribution < -0.4 is 10.6 Å². The Labute approximate surface area is 144 Å².